The normalized spacial score (nSPS) is 19.7. The first-order chi connectivity index (χ1) is 15.6. The van der Waals surface area contributed by atoms with Gasteiger partial charge in [0.05, 0.1) is 4.88 Å². The predicted octanol–water partition coefficient (Wildman–Crippen LogP) is 7.10. The molecule has 33 heavy (non-hydrogen) atoms. The Kier molecular flexibility index (Phi) is 5.17. The number of nitrogens with one attached hydrogen (secondary N) is 1. The Morgan fingerprint density at radius 2 is 1.52 bits per heavy atom. The van der Waals surface area contributed by atoms with Gasteiger partial charge in [0.1, 0.15) is 5.82 Å². The Hall–Kier alpha value is -2.33. The molecule has 1 aromatic heterocycles. The summed E-state index contributed by atoms with van der Waals surface area (Å²) >= 11 is 1.64. The first-order valence-corrected chi connectivity index (χ1v) is 13.1. The third-order valence-electron chi connectivity index (χ3n) is 8.28. The van der Waals surface area contributed by atoms with Gasteiger partial charge in [-0.25, -0.2) is 4.98 Å². The number of fused-ring (bicyclic) bond motifs is 1. The smallest absolute Gasteiger partial charge is 0.184 e. The van der Waals surface area contributed by atoms with Crippen LogP contribution >= 0.6 is 11.3 Å². The van der Waals surface area contributed by atoms with Crippen molar-refractivity contribution in [2.75, 3.05) is 18.1 Å². The number of aryl methyl sites for hydroxylation is 1. The number of nitrogens with two attached hydrogens (primary N) is 1. The van der Waals surface area contributed by atoms with Crippen LogP contribution < -0.4 is 11.1 Å². The highest BCUT2D eigenvalue weighted by atomic mass is 32.1. The fourth-order valence-electron chi connectivity index (χ4n) is 5.80. The highest BCUT2D eigenvalue weighted by Gasteiger charge is 2.48. The molecule has 1 saturated carbocycles. The van der Waals surface area contributed by atoms with Gasteiger partial charge >= 0.3 is 0 Å². The van der Waals surface area contributed by atoms with Gasteiger partial charge in [0.25, 0.3) is 0 Å². The Bertz CT molecular complexity index is 1200. The molecule has 1 fully saturated rings. The Balaban J connectivity index is 1.48. The lowest BCUT2D eigenvalue weighted by Crippen LogP contribution is -2.34. The molecule has 0 amide bonds. The second-order valence-corrected chi connectivity index (χ2v) is 12.6. The van der Waals surface area contributed by atoms with E-state index in [1.165, 1.54) is 42.4 Å². The number of hydrogen-bond acceptors (Lipinski definition) is 4. The standard InChI is InChI=1S/C29H37N3S/c1-18-15-22-23(28(4,5)12-11-27(22,2)3)17-21(18)29(13-14-29)20-9-7-19(8-10-20)16-24-25(30)32-26(31-6)33-24/h7-10,15,17H,11-14,16,30H2,1-6H3,(H,31,32). The first kappa shape index (κ1) is 22.5. The van der Waals surface area contributed by atoms with E-state index in [9.17, 15) is 0 Å². The van der Waals surface area contributed by atoms with Gasteiger partial charge in [0.2, 0.25) is 0 Å². The number of nitrogen functional groups attached to an aromatic ring is 1. The van der Waals surface area contributed by atoms with Gasteiger partial charge in [0, 0.05) is 18.9 Å². The Labute approximate surface area is 202 Å². The van der Waals surface area contributed by atoms with Crippen LogP contribution in [0.1, 0.15) is 91.6 Å². The van der Waals surface area contributed by atoms with Gasteiger partial charge in [-0.3, -0.25) is 0 Å². The number of nitrogens with zero attached hydrogens (tertiary/aromatic N) is 1. The van der Waals surface area contributed by atoms with Crippen LogP contribution in [0.4, 0.5) is 10.9 Å². The van der Waals surface area contributed by atoms with Crippen molar-refractivity contribution < 1.29 is 0 Å². The van der Waals surface area contributed by atoms with E-state index >= 15 is 0 Å². The second kappa shape index (κ2) is 7.59. The molecule has 5 rings (SSSR count). The van der Waals surface area contributed by atoms with Crippen LogP contribution in [0.2, 0.25) is 0 Å². The summed E-state index contributed by atoms with van der Waals surface area (Å²) in [6.45, 7) is 12.0. The van der Waals surface area contributed by atoms with E-state index in [4.69, 9.17) is 5.73 Å². The third-order valence-corrected chi connectivity index (χ3v) is 9.36. The fourth-order valence-corrected chi connectivity index (χ4v) is 6.67. The van der Waals surface area contributed by atoms with Crippen LogP contribution in [-0.2, 0) is 22.7 Å². The monoisotopic (exact) mass is 459 g/mol. The molecular formula is C29H37N3S. The van der Waals surface area contributed by atoms with Gasteiger partial charge in [-0.2, -0.15) is 0 Å². The van der Waals surface area contributed by atoms with Crippen LogP contribution in [0.3, 0.4) is 0 Å². The number of hydrogen-bond donors (Lipinski definition) is 2. The minimum Gasteiger partial charge on any atom is -0.383 e. The summed E-state index contributed by atoms with van der Waals surface area (Å²) in [5, 5.41) is 3.97. The third kappa shape index (κ3) is 3.77. The quantitative estimate of drug-likeness (QED) is 0.428. The molecule has 3 aromatic rings. The summed E-state index contributed by atoms with van der Waals surface area (Å²) in [7, 11) is 1.89. The molecule has 0 radical (unpaired) electrons. The molecule has 0 atom stereocenters. The largest absolute Gasteiger partial charge is 0.383 e. The van der Waals surface area contributed by atoms with Crippen molar-refractivity contribution in [1.82, 2.24) is 4.98 Å². The van der Waals surface area contributed by atoms with Crippen molar-refractivity contribution in [3.8, 4) is 0 Å². The van der Waals surface area contributed by atoms with Crippen LogP contribution in [-0.4, -0.2) is 12.0 Å². The molecule has 2 aliphatic carbocycles. The molecular weight excluding hydrogens is 422 g/mol. The average molecular weight is 460 g/mol. The summed E-state index contributed by atoms with van der Waals surface area (Å²) in [5.74, 6) is 0.641. The molecule has 0 saturated heterocycles. The van der Waals surface area contributed by atoms with Crippen molar-refractivity contribution >= 4 is 22.3 Å². The highest BCUT2D eigenvalue weighted by molar-refractivity contribution is 7.16. The second-order valence-electron chi connectivity index (χ2n) is 11.5. The molecule has 3 N–H and O–H groups in total. The summed E-state index contributed by atoms with van der Waals surface area (Å²) in [4.78, 5) is 5.51. The maximum absolute atomic E-state index is 6.12. The van der Waals surface area contributed by atoms with Crippen LogP contribution in [0.5, 0.6) is 0 Å². The lowest BCUT2D eigenvalue weighted by molar-refractivity contribution is 0.331. The van der Waals surface area contributed by atoms with Crippen LogP contribution in [0, 0.1) is 6.92 Å². The summed E-state index contributed by atoms with van der Waals surface area (Å²) in [6, 6.07) is 14.4. The van der Waals surface area contributed by atoms with E-state index in [-0.39, 0.29) is 16.2 Å². The van der Waals surface area contributed by atoms with E-state index in [0.29, 0.717) is 5.82 Å². The van der Waals surface area contributed by atoms with Crippen molar-refractivity contribution in [2.24, 2.45) is 0 Å². The van der Waals surface area contributed by atoms with Crippen molar-refractivity contribution in [1.29, 1.82) is 0 Å². The molecule has 0 spiro atoms. The van der Waals surface area contributed by atoms with E-state index in [1.54, 1.807) is 28.0 Å². The van der Waals surface area contributed by atoms with Gasteiger partial charge in [-0.15, -0.1) is 0 Å². The molecule has 4 heteroatoms. The number of benzene rings is 2. The van der Waals surface area contributed by atoms with Crippen LogP contribution in [0.15, 0.2) is 36.4 Å². The zero-order valence-electron chi connectivity index (χ0n) is 20.9. The molecule has 3 nitrogen and oxygen atoms in total. The Morgan fingerprint density at radius 1 is 0.909 bits per heavy atom. The maximum atomic E-state index is 6.12. The molecule has 174 valence electrons. The summed E-state index contributed by atoms with van der Waals surface area (Å²) in [6.07, 6.45) is 5.83. The topological polar surface area (TPSA) is 50.9 Å². The zero-order valence-corrected chi connectivity index (χ0v) is 21.7. The van der Waals surface area contributed by atoms with Crippen molar-refractivity contribution in [2.45, 2.75) is 83.0 Å². The number of rotatable bonds is 5. The van der Waals surface area contributed by atoms with Gasteiger partial charge in [-0.1, -0.05) is 75.4 Å². The molecule has 2 aromatic carbocycles. The minimum atomic E-state index is 0.179. The summed E-state index contributed by atoms with van der Waals surface area (Å²) in [5.41, 5.74) is 15.7. The van der Waals surface area contributed by atoms with E-state index < -0.39 is 0 Å². The van der Waals surface area contributed by atoms with Crippen LogP contribution in [0.25, 0.3) is 0 Å². The minimum absolute atomic E-state index is 0.179. The molecule has 0 unspecified atom stereocenters. The first-order valence-electron chi connectivity index (χ1n) is 12.2. The van der Waals surface area contributed by atoms with Crippen molar-refractivity contribution in [3.63, 3.8) is 0 Å². The Morgan fingerprint density at radius 3 is 2.06 bits per heavy atom. The lowest BCUT2D eigenvalue weighted by atomic mass is 9.62. The lowest BCUT2D eigenvalue weighted by Gasteiger charge is -2.43. The SMILES string of the molecule is CNc1nc(N)c(Cc2ccc(C3(c4cc5c(cc4C)C(C)(C)CCC5(C)C)CC3)cc2)s1. The van der Waals surface area contributed by atoms with Gasteiger partial charge in [0.15, 0.2) is 5.13 Å². The predicted molar refractivity (Wildman–Crippen MR) is 142 cm³/mol. The van der Waals surface area contributed by atoms with E-state index in [0.717, 1.165) is 16.4 Å². The van der Waals surface area contributed by atoms with Gasteiger partial charge < -0.3 is 11.1 Å². The highest BCUT2D eigenvalue weighted by Crippen LogP contribution is 2.56. The number of aromatic nitrogens is 1. The number of anilines is 2. The fraction of sp³-hybridized carbons (Fsp3) is 0.483. The molecule has 2 aliphatic rings. The van der Waals surface area contributed by atoms with E-state index in [2.05, 4.69) is 81.3 Å². The molecule has 0 aliphatic heterocycles. The summed E-state index contributed by atoms with van der Waals surface area (Å²) < 4.78 is 0. The van der Waals surface area contributed by atoms with Crippen molar-refractivity contribution in [3.05, 3.63) is 74.7 Å². The maximum Gasteiger partial charge on any atom is 0.184 e. The molecule has 0 bridgehead atoms. The van der Waals surface area contributed by atoms with Gasteiger partial charge in [-0.05, 0) is 76.8 Å². The van der Waals surface area contributed by atoms with E-state index in [1.807, 2.05) is 7.05 Å². The molecule has 1 heterocycles. The zero-order chi connectivity index (χ0) is 23.6. The number of thiazole rings is 1. The average Bonchev–Trinajstić information content (AvgIpc) is 3.50.